The number of rotatable bonds is 6. The summed E-state index contributed by atoms with van der Waals surface area (Å²) in [6, 6.07) is 51.4. The molecule has 2 aliphatic carbocycles. The van der Waals surface area contributed by atoms with E-state index in [1.165, 1.54) is 70.3 Å². The molecule has 10 radical (unpaired) electrons. The summed E-state index contributed by atoms with van der Waals surface area (Å²) in [6.07, 6.45) is 0. The molecule has 8 bridgehead atoms. The Kier molecular flexibility index (Phi) is 24.8. The number of hydrogen-bond acceptors (Lipinski definition) is 8. The van der Waals surface area contributed by atoms with E-state index < -0.39 is 11.5 Å². The molecule has 6 aromatic carbocycles. The van der Waals surface area contributed by atoms with Gasteiger partial charge in [0.2, 0.25) is 0 Å². The molecule has 4 aliphatic rings. The zero-order valence-corrected chi connectivity index (χ0v) is 71.7. The van der Waals surface area contributed by atoms with Gasteiger partial charge >= 0.3 is 38.2 Å². The van der Waals surface area contributed by atoms with Crippen LogP contribution in [0, 0.1) is 59.2 Å². The van der Waals surface area contributed by atoms with E-state index in [1.807, 2.05) is 0 Å². The van der Waals surface area contributed by atoms with Crippen LogP contribution in [0.15, 0.2) is 146 Å². The van der Waals surface area contributed by atoms with Gasteiger partial charge in [0.25, 0.3) is 0 Å². The predicted molar refractivity (Wildman–Crippen MR) is 443 cm³/mol. The summed E-state index contributed by atoms with van der Waals surface area (Å²) in [6.45, 7) is 61.7. The molecule has 12 heteroatoms. The van der Waals surface area contributed by atoms with E-state index in [4.69, 9.17) is 39.9 Å². The number of benzene rings is 6. The van der Waals surface area contributed by atoms with Crippen LogP contribution < -0.4 is 9.97 Å². The molecular weight excluding hydrogens is 1400 g/mol. The molecule has 108 heavy (non-hydrogen) atoms. The molecule has 2 saturated carbocycles. The summed E-state index contributed by atoms with van der Waals surface area (Å²) in [5, 5.41) is 24.1. The van der Waals surface area contributed by atoms with Crippen molar-refractivity contribution in [2.24, 2.45) is 0 Å². The second kappa shape index (κ2) is 31.7. The van der Waals surface area contributed by atoms with Crippen LogP contribution in [-0.2, 0) is 70.7 Å². The number of nitrogens with zero attached hydrogens (tertiary/aromatic N) is 8. The summed E-state index contributed by atoms with van der Waals surface area (Å²) in [7, 11) is 0. The average molecular weight is 1510 g/mol. The van der Waals surface area contributed by atoms with Gasteiger partial charge in [-0.05, 0) is 158 Å². The largest absolute Gasteiger partial charge is 2.00 e. The van der Waals surface area contributed by atoms with Crippen LogP contribution in [0.2, 0.25) is 0 Å². The van der Waals surface area contributed by atoms with E-state index in [2.05, 4.69) is 339 Å². The average Bonchev–Trinajstić information content (AvgIpc) is 1.54. The standard InChI is InChI=1S/C76H80N8O2.2C10H15.Ni.Ti/c1-71(2,3)49-31-19-43(20-32-49)55-56(44-21-33-50(34-22-44)72(4,5)6)64-77-63(55)78-65-57(45-23-35-51(36-24-45)73(7,8)9)59(47-27-39-53(40-28-47)75(13,14)15)67(80-65)82-69-61(85)62(86)70(84-69)83-68-60(48-29-41-54(42-30-48)76(16,17)18)58(66(79-64)81-68)46-25-37-52(38-26-46)74(10,11)12;2*1-6-7(2)9(4)10(5)8(6)3;;/h19-42H,1-18H3,(H2-2,77,78,79,80,81,82,83,84,85,86);2*1-5H3;;/q-2;;;2*+2. The Labute approximate surface area is 672 Å². The Balaban J connectivity index is 0.000000530. The van der Waals surface area contributed by atoms with Crippen molar-refractivity contribution in [3.05, 3.63) is 273 Å². The van der Waals surface area contributed by atoms with Crippen molar-refractivity contribution in [2.45, 2.75) is 226 Å². The first-order valence-corrected chi connectivity index (χ1v) is 37.5. The SMILES string of the molecule is CC(C)(C)c1ccc(C2=C(c3ccc(C(C)(C)C)cc3)c3nc2nc2[n-]c(nc4nc(nc5[n-]c(n3)c(-c3ccc(C(C)(C)C)cc3)c5-c3ccc(C(C)(C)C)cc3)C(O)=C4O)c(-c3ccc(C(C)(C)C)cc3)c2-c2ccc(C(C)(C)C)cc2)cc1.C[C]1[C](C)[C](C)[C](C)[C]1C.C[C]1[C](C)[C](C)[C](C)[C]1C.[Ni+2].[Ti+2]. The van der Waals surface area contributed by atoms with Crippen LogP contribution in [0.4, 0.5) is 0 Å². The molecule has 0 spiro atoms. The van der Waals surface area contributed by atoms with Gasteiger partial charge in [-0.1, -0.05) is 339 Å². The molecule has 5 heterocycles. The maximum atomic E-state index is 12.1. The maximum absolute atomic E-state index is 12.1. The second-order valence-corrected chi connectivity index (χ2v) is 35.6. The minimum atomic E-state index is -0.546. The smallest absolute Gasteiger partial charge is 0.503 e. The minimum absolute atomic E-state index is 0. The van der Waals surface area contributed by atoms with Crippen LogP contribution >= 0.6 is 0 Å². The van der Waals surface area contributed by atoms with E-state index in [-0.39, 0.29) is 93.6 Å². The first-order valence-electron chi connectivity index (χ1n) is 37.5. The number of aliphatic hydroxyl groups excluding tert-OH is 2. The number of fused-ring (bicyclic) bond motifs is 8. The summed E-state index contributed by atoms with van der Waals surface area (Å²) >= 11 is 0. The normalized spacial score (nSPS) is 16.2. The van der Waals surface area contributed by atoms with Crippen molar-refractivity contribution in [1.29, 1.82) is 0 Å². The zero-order chi connectivity index (χ0) is 77.6. The molecule has 0 atom stereocenters. The molecule has 0 unspecified atom stereocenters. The first-order chi connectivity index (χ1) is 49.3. The molecule has 9 aromatic rings. The second-order valence-electron chi connectivity index (χ2n) is 35.6. The van der Waals surface area contributed by atoms with Crippen molar-refractivity contribution < 1.29 is 48.4 Å². The summed E-state index contributed by atoms with van der Waals surface area (Å²) in [4.78, 5) is 42.8. The molecule has 2 N–H and O–H groups in total. The fourth-order valence-electron chi connectivity index (χ4n) is 14.0. The zero-order valence-electron chi connectivity index (χ0n) is 69.1. The van der Waals surface area contributed by atoms with Gasteiger partial charge in [0.05, 0.1) is 11.6 Å². The van der Waals surface area contributed by atoms with Crippen LogP contribution in [0.1, 0.15) is 262 Å². The van der Waals surface area contributed by atoms with Gasteiger partial charge < -0.3 is 40.1 Å². The van der Waals surface area contributed by atoms with E-state index in [0.29, 0.717) is 45.2 Å². The predicted octanol–water partition coefficient (Wildman–Crippen LogP) is 24.5. The topological polar surface area (TPSA) is 146 Å². The summed E-state index contributed by atoms with van der Waals surface area (Å²) < 4.78 is 0. The number of aliphatic hydroxyl groups is 2. The van der Waals surface area contributed by atoms with E-state index in [1.54, 1.807) is 0 Å². The van der Waals surface area contributed by atoms with E-state index >= 15 is 0 Å². The van der Waals surface area contributed by atoms with Gasteiger partial charge in [-0.2, -0.15) is 0 Å². The van der Waals surface area contributed by atoms with Gasteiger partial charge in [-0.25, -0.2) is 9.97 Å². The van der Waals surface area contributed by atoms with Crippen molar-refractivity contribution in [2.75, 3.05) is 0 Å². The van der Waals surface area contributed by atoms with Crippen molar-refractivity contribution >= 4 is 45.3 Å². The molecule has 2 aliphatic heterocycles. The van der Waals surface area contributed by atoms with Crippen LogP contribution in [0.25, 0.3) is 89.8 Å². The Hall–Kier alpha value is -7.55. The van der Waals surface area contributed by atoms with Gasteiger partial charge in [0.15, 0.2) is 11.5 Å². The Morgan fingerprint density at radius 3 is 0.537 bits per heavy atom. The van der Waals surface area contributed by atoms with E-state index in [0.717, 1.165) is 66.8 Å². The molecule has 0 saturated heterocycles. The third-order valence-corrected chi connectivity index (χ3v) is 22.3. The van der Waals surface area contributed by atoms with E-state index in [9.17, 15) is 10.2 Å². The van der Waals surface area contributed by atoms with Gasteiger partial charge in [-0.3, -0.25) is 0 Å². The number of hydrogen-bond donors (Lipinski definition) is 2. The molecule has 3 aromatic heterocycles. The van der Waals surface area contributed by atoms with Crippen LogP contribution in [0.5, 0.6) is 0 Å². The molecule has 0 amide bonds. The Morgan fingerprint density at radius 2 is 0.370 bits per heavy atom. The summed E-state index contributed by atoms with van der Waals surface area (Å²) in [5.74, 6) is 14.0. The molecule has 2 fully saturated rings. The molecular formula is C96H110N8NiO2Ti+2. The third kappa shape index (κ3) is 17.3. The molecule has 558 valence electrons. The fourth-order valence-corrected chi connectivity index (χ4v) is 14.0. The van der Waals surface area contributed by atoms with Gasteiger partial charge in [0.1, 0.15) is 11.6 Å². The first kappa shape index (κ1) is 84.5. The van der Waals surface area contributed by atoms with Gasteiger partial charge in [0, 0.05) is 56.0 Å². The fraction of sp³-hybridized carbons (Fsp3) is 0.354. The van der Waals surface area contributed by atoms with Crippen LogP contribution in [-0.4, -0.2) is 40.1 Å². The third-order valence-electron chi connectivity index (χ3n) is 22.3. The quantitative estimate of drug-likeness (QED) is 0.154. The molecule has 13 rings (SSSR count). The van der Waals surface area contributed by atoms with Crippen molar-refractivity contribution in [3.63, 3.8) is 0 Å². The van der Waals surface area contributed by atoms with Crippen molar-refractivity contribution in [1.82, 2.24) is 39.9 Å². The van der Waals surface area contributed by atoms with Gasteiger partial charge in [-0.15, -0.1) is 0 Å². The Bertz CT molecular complexity index is 4530. The number of aromatic nitrogens is 8. The monoisotopic (exact) mass is 1510 g/mol. The van der Waals surface area contributed by atoms with Crippen molar-refractivity contribution in [3.8, 4) is 44.5 Å². The van der Waals surface area contributed by atoms with Crippen LogP contribution in [0.3, 0.4) is 0 Å². The summed E-state index contributed by atoms with van der Waals surface area (Å²) in [5.41, 5.74) is 16.8. The Morgan fingerprint density at radius 1 is 0.222 bits per heavy atom. The molecule has 10 nitrogen and oxygen atoms in total. The maximum Gasteiger partial charge on any atom is 2.00 e. The minimum Gasteiger partial charge on any atom is -0.503 e.